The fourth-order valence-electron chi connectivity index (χ4n) is 1.97. The smallest absolute Gasteiger partial charge is 0.303 e. The van der Waals surface area contributed by atoms with Crippen molar-refractivity contribution in [3.05, 3.63) is 71.8 Å². The predicted molar refractivity (Wildman–Crippen MR) is 70.4 cm³/mol. The number of amides is 2. The molecule has 0 saturated heterocycles. The van der Waals surface area contributed by atoms with Crippen LogP contribution in [0.4, 0.5) is 4.79 Å². The summed E-state index contributed by atoms with van der Waals surface area (Å²) in [5, 5.41) is 6.84. The second-order valence-electron chi connectivity index (χ2n) is 4.00. The number of hydrogen-bond acceptors (Lipinski definition) is 1. The van der Waals surface area contributed by atoms with Crippen molar-refractivity contribution in [2.45, 2.75) is 0 Å². The first-order valence-corrected chi connectivity index (χ1v) is 5.72. The maximum absolute atomic E-state index is 11.5. The minimum absolute atomic E-state index is 0.312. The van der Waals surface area contributed by atoms with Gasteiger partial charge in [-0.25, -0.2) is 4.79 Å². The van der Waals surface area contributed by atoms with E-state index in [1.54, 1.807) is 0 Å². The zero-order chi connectivity index (χ0) is 12.4. The molecule has 0 fully saturated rings. The van der Waals surface area contributed by atoms with Crippen LogP contribution in [0.25, 0.3) is 11.4 Å². The second kappa shape index (κ2) is 4.37. The summed E-state index contributed by atoms with van der Waals surface area (Å²) < 4.78 is 0. The second-order valence-corrected chi connectivity index (χ2v) is 4.00. The largest absolute Gasteiger partial charge is 0.346 e. The number of hydrogen-bond donors (Lipinski definition) is 1. The van der Waals surface area contributed by atoms with Crippen LogP contribution in [0.5, 0.6) is 0 Å². The predicted octanol–water partition coefficient (Wildman–Crippen LogP) is 2.84. The molecule has 0 aliphatic carbocycles. The highest BCUT2D eigenvalue weighted by Gasteiger charge is 2.24. The van der Waals surface area contributed by atoms with E-state index in [2.05, 4.69) is 10.6 Å². The summed E-state index contributed by atoms with van der Waals surface area (Å²) in [5.41, 5.74) is 3.37. The molecule has 1 heterocycles. The third-order valence-electron chi connectivity index (χ3n) is 2.79. The lowest BCUT2D eigenvalue weighted by Gasteiger charge is -2.05. The van der Waals surface area contributed by atoms with Crippen molar-refractivity contribution in [3.63, 3.8) is 0 Å². The van der Waals surface area contributed by atoms with Gasteiger partial charge in [0.15, 0.2) is 0 Å². The van der Waals surface area contributed by atoms with Crippen LogP contribution >= 0.6 is 0 Å². The van der Waals surface area contributed by atoms with Crippen molar-refractivity contribution in [2.24, 2.45) is 0 Å². The van der Waals surface area contributed by atoms with E-state index in [0.717, 1.165) is 16.8 Å². The molecule has 3 rings (SSSR count). The van der Waals surface area contributed by atoms with E-state index in [0.29, 0.717) is 5.70 Å². The zero-order valence-electron chi connectivity index (χ0n) is 9.63. The first-order chi connectivity index (χ1) is 8.84. The van der Waals surface area contributed by atoms with Crippen LogP contribution in [-0.4, -0.2) is 6.03 Å². The molecule has 1 aliphatic heterocycles. The molecular weight excluding hydrogens is 224 g/mol. The zero-order valence-corrected chi connectivity index (χ0v) is 9.63. The number of urea groups is 1. The summed E-state index contributed by atoms with van der Waals surface area (Å²) in [6.07, 6.45) is 0. The Balaban J connectivity index is 2.11. The van der Waals surface area contributed by atoms with Gasteiger partial charge in [0, 0.05) is 11.1 Å². The van der Waals surface area contributed by atoms with Gasteiger partial charge in [-0.3, -0.25) is 0 Å². The summed E-state index contributed by atoms with van der Waals surface area (Å²) in [6, 6.07) is 19.1. The van der Waals surface area contributed by atoms with Crippen molar-refractivity contribution < 1.29 is 4.79 Å². The average Bonchev–Trinajstić information content (AvgIpc) is 2.83. The minimum Gasteiger partial charge on any atom is -0.303 e. The first-order valence-electron chi connectivity index (χ1n) is 5.72. The van der Waals surface area contributed by atoms with Crippen LogP contribution in [-0.2, 0) is 0 Å². The van der Waals surface area contributed by atoms with Crippen LogP contribution in [0.2, 0.25) is 0 Å². The van der Waals surface area contributed by atoms with Gasteiger partial charge in [-0.15, -0.1) is 0 Å². The van der Waals surface area contributed by atoms with Crippen molar-refractivity contribution in [1.29, 1.82) is 0 Å². The molecule has 2 amide bonds. The average molecular weight is 235 g/mol. The topological polar surface area (TPSA) is 43.2 Å². The molecule has 1 radical (unpaired) electrons. The Bertz CT molecular complexity index is 549. The van der Waals surface area contributed by atoms with Gasteiger partial charge in [-0.1, -0.05) is 60.7 Å². The molecule has 2 aromatic carbocycles. The SMILES string of the molecule is O=C1[N]C(c2ccccc2)=C(c2ccccc2)N1. The molecule has 0 atom stereocenters. The Labute approximate surface area is 105 Å². The molecule has 3 nitrogen and oxygen atoms in total. The molecule has 18 heavy (non-hydrogen) atoms. The van der Waals surface area contributed by atoms with Crippen LogP contribution in [0.3, 0.4) is 0 Å². The molecule has 0 bridgehead atoms. The molecule has 87 valence electrons. The standard InChI is InChI=1S/C15H11N2O/c18-15-16-13(11-7-3-1-4-8-11)14(17-15)12-9-5-2-6-10-12/h1-10H,(H,16,18). The molecule has 0 unspecified atom stereocenters. The summed E-state index contributed by atoms with van der Waals surface area (Å²) in [7, 11) is 0. The van der Waals surface area contributed by atoms with Crippen molar-refractivity contribution in [1.82, 2.24) is 10.6 Å². The Kier molecular flexibility index (Phi) is 2.57. The fraction of sp³-hybridized carbons (Fsp3) is 0. The van der Waals surface area contributed by atoms with E-state index in [-0.39, 0.29) is 6.03 Å². The van der Waals surface area contributed by atoms with Gasteiger partial charge < -0.3 is 5.32 Å². The van der Waals surface area contributed by atoms with Crippen LogP contribution in [0, 0.1) is 0 Å². The maximum atomic E-state index is 11.5. The van der Waals surface area contributed by atoms with E-state index in [4.69, 9.17) is 0 Å². The molecular formula is C15H11N2O. The Hall–Kier alpha value is -2.55. The third-order valence-corrected chi connectivity index (χ3v) is 2.79. The Morgan fingerprint density at radius 2 is 1.33 bits per heavy atom. The normalized spacial score (nSPS) is 14.3. The third kappa shape index (κ3) is 1.86. The lowest BCUT2D eigenvalue weighted by Crippen LogP contribution is -2.18. The quantitative estimate of drug-likeness (QED) is 0.854. The molecule has 0 spiro atoms. The Morgan fingerprint density at radius 1 is 0.778 bits per heavy atom. The Morgan fingerprint density at radius 3 is 1.94 bits per heavy atom. The number of carbonyl (C=O) groups excluding carboxylic acids is 1. The molecule has 1 N–H and O–H groups in total. The van der Waals surface area contributed by atoms with Gasteiger partial charge in [0.1, 0.15) is 5.70 Å². The van der Waals surface area contributed by atoms with Crippen molar-refractivity contribution >= 4 is 17.4 Å². The molecule has 2 aromatic rings. The van der Waals surface area contributed by atoms with Crippen molar-refractivity contribution in [3.8, 4) is 0 Å². The lowest BCUT2D eigenvalue weighted by atomic mass is 10.1. The van der Waals surface area contributed by atoms with Gasteiger partial charge in [0.2, 0.25) is 0 Å². The molecule has 1 aliphatic rings. The number of benzene rings is 2. The van der Waals surface area contributed by atoms with E-state index in [1.807, 2.05) is 60.7 Å². The first kappa shape index (κ1) is 10.6. The highest BCUT2D eigenvalue weighted by Crippen LogP contribution is 2.26. The number of carbonyl (C=O) groups is 1. The van der Waals surface area contributed by atoms with E-state index >= 15 is 0 Å². The van der Waals surface area contributed by atoms with Crippen LogP contribution in [0.15, 0.2) is 60.7 Å². The van der Waals surface area contributed by atoms with E-state index in [1.165, 1.54) is 0 Å². The lowest BCUT2D eigenvalue weighted by molar-refractivity contribution is 0.249. The summed E-state index contributed by atoms with van der Waals surface area (Å²) in [6.45, 7) is 0. The molecule has 0 saturated carbocycles. The highest BCUT2D eigenvalue weighted by molar-refractivity contribution is 6.07. The van der Waals surface area contributed by atoms with Crippen LogP contribution < -0.4 is 10.6 Å². The molecule has 0 aromatic heterocycles. The minimum atomic E-state index is -0.312. The molecule has 3 heteroatoms. The van der Waals surface area contributed by atoms with Gasteiger partial charge in [-0.05, 0) is 0 Å². The van der Waals surface area contributed by atoms with E-state index in [9.17, 15) is 4.79 Å². The summed E-state index contributed by atoms with van der Waals surface area (Å²) >= 11 is 0. The van der Waals surface area contributed by atoms with E-state index < -0.39 is 0 Å². The highest BCUT2D eigenvalue weighted by atomic mass is 16.2. The van der Waals surface area contributed by atoms with Crippen LogP contribution in [0.1, 0.15) is 11.1 Å². The van der Waals surface area contributed by atoms with Gasteiger partial charge >= 0.3 is 6.03 Å². The van der Waals surface area contributed by atoms with Gasteiger partial charge in [0.05, 0.1) is 5.70 Å². The summed E-state index contributed by atoms with van der Waals surface area (Å²) in [4.78, 5) is 11.5. The number of nitrogens with one attached hydrogen (secondary N) is 1. The number of rotatable bonds is 2. The monoisotopic (exact) mass is 235 g/mol. The maximum Gasteiger partial charge on any atom is 0.346 e. The van der Waals surface area contributed by atoms with Gasteiger partial charge in [0.25, 0.3) is 0 Å². The van der Waals surface area contributed by atoms with Crippen molar-refractivity contribution in [2.75, 3.05) is 0 Å². The summed E-state index contributed by atoms with van der Waals surface area (Å²) in [5.74, 6) is 0. The number of nitrogens with zero attached hydrogens (tertiary/aromatic N) is 1. The van der Waals surface area contributed by atoms with Gasteiger partial charge in [-0.2, -0.15) is 5.32 Å². The fourth-order valence-corrected chi connectivity index (χ4v) is 1.97.